The normalized spacial score (nSPS) is 22.8. The average molecular weight is 790 g/mol. The third-order valence-electron chi connectivity index (χ3n) is 11.4. The minimum absolute atomic E-state index is 0.00237. The number of hydrogen-bond acceptors (Lipinski definition) is 11. The number of ether oxygens (including phenoxy) is 4. The van der Waals surface area contributed by atoms with E-state index < -0.39 is 59.7 Å². The summed E-state index contributed by atoms with van der Waals surface area (Å²) in [5.74, 6) is -0.439. The van der Waals surface area contributed by atoms with Gasteiger partial charge >= 0.3 is 12.1 Å². The summed E-state index contributed by atoms with van der Waals surface area (Å²) in [5.41, 5.74) is 3.35. The van der Waals surface area contributed by atoms with Gasteiger partial charge in [-0.3, -0.25) is 24.2 Å². The zero-order valence-electron chi connectivity index (χ0n) is 32.1. The molecule has 2 bridgehead atoms. The zero-order chi connectivity index (χ0) is 41.1. The van der Waals surface area contributed by atoms with E-state index in [1.807, 2.05) is 24.9 Å². The van der Waals surface area contributed by atoms with Crippen LogP contribution in [0.15, 0.2) is 36.4 Å². The van der Waals surface area contributed by atoms with E-state index in [-0.39, 0.29) is 42.9 Å². The number of esters is 1. The molecule has 0 aromatic heterocycles. The lowest BCUT2D eigenvalue weighted by Crippen LogP contribution is -2.69. The first-order valence-corrected chi connectivity index (χ1v) is 18.4. The quantitative estimate of drug-likeness (QED) is 0.163. The number of phenolic OH excluding ortho intramolecular Hbond substituents is 1. The summed E-state index contributed by atoms with van der Waals surface area (Å²) >= 11 is 0. The second kappa shape index (κ2) is 14.9. The van der Waals surface area contributed by atoms with Crippen molar-refractivity contribution in [2.45, 2.75) is 83.0 Å². The van der Waals surface area contributed by atoms with Crippen LogP contribution in [0, 0.1) is 25.2 Å². The standard InChI is InChI=1S/C41H42F3N5O8/c1-19-12-24-14-27-29(16-45)49-28(34(48(27)5)32(24)35(52)36(19)54-6)15-26-33(39-38(55-18-56-39)20(2)37(26)57-22(4)50)30(49)17-46-40(53)21(3)47-31(51)11-10-23-8-7-9-25(13-23)41(42,43)44/h7-13,21,27-30,34,52H,14-15,17-18H2,1-6H3,(H,46,53)(H,47,51)/b11-10+/t21?,27-,28?,29-,30-,34+/m0/s1. The third kappa shape index (κ3) is 6.88. The Labute approximate surface area is 326 Å². The van der Waals surface area contributed by atoms with Crippen molar-refractivity contribution in [3.63, 3.8) is 0 Å². The monoisotopic (exact) mass is 789 g/mol. The van der Waals surface area contributed by atoms with Crippen molar-refractivity contribution < 1.29 is 51.6 Å². The lowest BCUT2D eigenvalue weighted by molar-refractivity contribution is -0.137. The number of nitrogens with zero attached hydrogens (tertiary/aromatic N) is 3. The Kier molecular flexibility index (Phi) is 10.3. The van der Waals surface area contributed by atoms with Crippen molar-refractivity contribution in [2.24, 2.45) is 0 Å². The fourth-order valence-corrected chi connectivity index (χ4v) is 8.98. The molecule has 7 rings (SSSR count). The number of rotatable bonds is 8. The highest BCUT2D eigenvalue weighted by Gasteiger charge is 2.57. The Morgan fingerprint density at radius 1 is 1.11 bits per heavy atom. The van der Waals surface area contributed by atoms with Gasteiger partial charge in [0.15, 0.2) is 23.0 Å². The predicted molar refractivity (Wildman–Crippen MR) is 199 cm³/mol. The summed E-state index contributed by atoms with van der Waals surface area (Å²) in [7, 11) is 3.41. The van der Waals surface area contributed by atoms with Crippen LogP contribution in [0.3, 0.4) is 0 Å². The summed E-state index contributed by atoms with van der Waals surface area (Å²) in [6, 6.07) is 5.14. The van der Waals surface area contributed by atoms with Crippen LogP contribution in [0.2, 0.25) is 0 Å². The highest BCUT2D eigenvalue weighted by Crippen LogP contribution is 2.58. The highest BCUT2D eigenvalue weighted by atomic mass is 19.4. The van der Waals surface area contributed by atoms with Crippen LogP contribution < -0.4 is 29.6 Å². The Balaban J connectivity index is 1.25. The number of benzene rings is 3. The van der Waals surface area contributed by atoms with Gasteiger partial charge in [0, 0.05) is 53.9 Å². The fraction of sp³-hybridized carbons (Fsp3) is 0.415. The molecule has 2 amide bonds. The van der Waals surface area contributed by atoms with Crippen LogP contribution in [0.25, 0.3) is 6.08 Å². The maximum Gasteiger partial charge on any atom is 0.416 e. The highest BCUT2D eigenvalue weighted by molar-refractivity contribution is 5.95. The molecule has 16 heteroatoms. The van der Waals surface area contributed by atoms with Crippen molar-refractivity contribution in [3.8, 4) is 34.8 Å². The molecule has 3 aromatic rings. The Morgan fingerprint density at radius 3 is 2.53 bits per heavy atom. The minimum atomic E-state index is -4.55. The van der Waals surface area contributed by atoms with Gasteiger partial charge in [0.1, 0.15) is 17.8 Å². The Morgan fingerprint density at radius 2 is 1.84 bits per heavy atom. The van der Waals surface area contributed by atoms with Gasteiger partial charge in [-0.1, -0.05) is 18.2 Å². The lowest BCUT2D eigenvalue weighted by atomic mass is 9.71. The second-order valence-electron chi connectivity index (χ2n) is 14.8. The molecule has 6 atom stereocenters. The van der Waals surface area contributed by atoms with E-state index in [0.29, 0.717) is 45.9 Å². The summed E-state index contributed by atoms with van der Waals surface area (Å²) in [6.45, 7) is 6.18. The predicted octanol–water partition coefficient (Wildman–Crippen LogP) is 4.80. The number of fused-ring (bicyclic) bond motifs is 9. The number of aryl methyl sites for hydroxylation is 1. The lowest BCUT2D eigenvalue weighted by Gasteiger charge is -2.60. The smallest absolute Gasteiger partial charge is 0.416 e. The fourth-order valence-electron chi connectivity index (χ4n) is 8.98. The summed E-state index contributed by atoms with van der Waals surface area (Å²) in [5, 5.41) is 28.1. The van der Waals surface area contributed by atoms with Crippen molar-refractivity contribution in [2.75, 3.05) is 27.5 Å². The van der Waals surface area contributed by atoms with E-state index in [1.54, 1.807) is 6.92 Å². The van der Waals surface area contributed by atoms with Crippen molar-refractivity contribution in [1.82, 2.24) is 20.4 Å². The van der Waals surface area contributed by atoms with Gasteiger partial charge in [-0.25, -0.2) is 0 Å². The van der Waals surface area contributed by atoms with E-state index in [2.05, 4.69) is 21.6 Å². The van der Waals surface area contributed by atoms with Gasteiger partial charge in [0.2, 0.25) is 18.6 Å². The van der Waals surface area contributed by atoms with Crippen LogP contribution in [0.4, 0.5) is 13.2 Å². The number of amides is 2. The number of likely N-dealkylation sites (N-methyl/N-ethyl adjacent to an activating group) is 1. The molecule has 4 aliphatic heterocycles. The van der Waals surface area contributed by atoms with E-state index in [0.717, 1.165) is 29.3 Å². The van der Waals surface area contributed by atoms with Crippen LogP contribution in [0.5, 0.6) is 28.7 Å². The van der Waals surface area contributed by atoms with Crippen LogP contribution >= 0.6 is 0 Å². The van der Waals surface area contributed by atoms with Crippen LogP contribution in [-0.4, -0.2) is 84.4 Å². The third-order valence-corrected chi connectivity index (χ3v) is 11.4. The van der Waals surface area contributed by atoms with Gasteiger partial charge in [-0.15, -0.1) is 0 Å². The number of carbonyl (C=O) groups excluding carboxylic acids is 3. The molecule has 0 spiro atoms. The SMILES string of the molecule is COc1c(C)cc2c(c1O)[C@H]1C3Cc4c(OC(C)=O)c(C)c5c(c4[C@H](CNC(=O)C(C)NC(=O)/C=C/c4cccc(C(F)(F)F)c4)N3[C@@H](C#N)[C@H](C2)N1C)OCO5. The molecule has 0 aliphatic carbocycles. The molecule has 3 N–H and O–H groups in total. The molecular formula is C41H42F3N5O8. The van der Waals surface area contributed by atoms with Gasteiger partial charge in [-0.2, -0.15) is 18.4 Å². The molecule has 57 heavy (non-hydrogen) atoms. The molecular weight excluding hydrogens is 747 g/mol. The first-order valence-electron chi connectivity index (χ1n) is 18.4. The molecule has 2 unspecified atom stereocenters. The number of nitriles is 1. The number of aromatic hydroxyl groups is 1. The van der Waals surface area contributed by atoms with Crippen LogP contribution in [0.1, 0.15) is 70.4 Å². The van der Waals surface area contributed by atoms with E-state index in [1.165, 1.54) is 39.2 Å². The van der Waals surface area contributed by atoms with E-state index in [4.69, 9.17) is 18.9 Å². The van der Waals surface area contributed by atoms with Gasteiger partial charge in [0.05, 0.1) is 30.8 Å². The number of halogens is 3. The molecule has 300 valence electrons. The Hall–Kier alpha value is -5.79. The topological polar surface area (TPSA) is 163 Å². The minimum Gasteiger partial charge on any atom is -0.504 e. The van der Waals surface area contributed by atoms with Crippen LogP contribution in [-0.2, 0) is 33.4 Å². The zero-order valence-corrected chi connectivity index (χ0v) is 32.1. The molecule has 1 fully saturated rings. The van der Waals surface area contributed by atoms with Gasteiger partial charge in [0.25, 0.3) is 0 Å². The average Bonchev–Trinajstić information content (AvgIpc) is 3.65. The molecule has 3 aromatic carbocycles. The number of hydrogen-bond donors (Lipinski definition) is 3. The number of nitrogens with one attached hydrogen (secondary N) is 2. The van der Waals surface area contributed by atoms with Gasteiger partial charge in [-0.05, 0) is 75.6 Å². The van der Waals surface area contributed by atoms with E-state index in [9.17, 15) is 37.9 Å². The maximum atomic E-state index is 13.7. The first kappa shape index (κ1) is 39.4. The number of piperazine rings is 1. The first-order chi connectivity index (χ1) is 27.0. The van der Waals surface area contributed by atoms with Crippen molar-refractivity contribution in [1.29, 1.82) is 5.26 Å². The molecule has 13 nitrogen and oxygen atoms in total. The summed E-state index contributed by atoms with van der Waals surface area (Å²) < 4.78 is 63.0. The molecule has 1 saturated heterocycles. The van der Waals surface area contributed by atoms with Crippen molar-refractivity contribution in [3.05, 3.63) is 80.9 Å². The number of carbonyl (C=O) groups is 3. The Bertz CT molecular complexity index is 2240. The second-order valence-corrected chi connectivity index (χ2v) is 14.8. The van der Waals surface area contributed by atoms with E-state index >= 15 is 0 Å². The number of methoxy groups -OCH3 is 1. The number of alkyl halides is 3. The van der Waals surface area contributed by atoms with Crippen molar-refractivity contribution >= 4 is 23.9 Å². The molecule has 0 saturated carbocycles. The van der Waals surface area contributed by atoms with Gasteiger partial charge < -0.3 is 34.7 Å². The maximum absolute atomic E-state index is 13.7. The molecule has 4 heterocycles. The molecule has 0 radical (unpaired) electrons. The summed E-state index contributed by atoms with van der Waals surface area (Å²) in [6.07, 6.45) is -1.58. The summed E-state index contributed by atoms with van der Waals surface area (Å²) in [4.78, 5) is 43.2. The number of phenols is 1. The molecule has 4 aliphatic rings. The largest absolute Gasteiger partial charge is 0.504 e.